The summed E-state index contributed by atoms with van der Waals surface area (Å²) in [6, 6.07) is 16.8. The summed E-state index contributed by atoms with van der Waals surface area (Å²) in [5.41, 5.74) is 0.591. The number of nitrogens with one attached hydrogen (secondary N) is 1. The molecule has 0 aromatic heterocycles. The highest BCUT2D eigenvalue weighted by Gasteiger charge is 2.26. The standard InChI is InChI=1S/C22H20ClN3O6S/c1-25(14-15-6-4-3-5-7-15)33(30,31)21-12-16(8-11-20(21)32-2)22(27)24-17-9-10-18(23)19(13-17)26(28)29/h3-13H,14H2,1-2H3,(H,24,27). The molecule has 0 spiro atoms. The van der Waals surface area contributed by atoms with Crippen molar-refractivity contribution < 1.29 is 22.9 Å². The number of hydrogen-bond acceptors (Lipinski definition) is 6. The van der Waals surface area contributed by atoms with E-state index in [4.69, 9.17) is 16.3 Å². The Morgan fingerprint density at radius 2 is 1.82 bits per heavy atom. The molecule has 1 N–H and O–H groups in total. The summed E-state index contributed by atoms with van der Waals surface area (Å²) in [4.78, 5) is 23.0. The molecule has 11 heteroatoms. The van der Waals surface area contributed by atoms with Gasteiger partial charge >= 0.3 is 0 Å². The van der Waals surface area contributed by atoms with Crippen molar-refractivity contribution in [2.24, 2.45) is 0 Å². The highest BCUT2D eigenvalue weighted by molar-refractivity contribution is 7.89. The van der Waals surface area contributed by atoms with Crippen LogP contribution in [0.4, 0.5) is 11.4 Å². The van der Waals surface area contributed by atoms with Gasteiger partial charge in [-0.2, -0.15) is 4.31 Å². The highest BCUT2D eigenvalue weighted by atomic mass is 35.5. The topological polar surface area (TPSA) is 119 Å². The lowest BCUT2D eigenvalue weighted by Crippen LogP contribution is -2.27. The molecule has 0 bridgehead atoms. The molecule has 9 nitrogen and oxygen atoms in total. The normalized spacial score (nSPS) is 11.3. The second kappa shape index (κ2) is 9.99. The average molecular weight is 490 g/mol. The molecule has 0 saturated carbocycles. The monoisotopic (exact) mass is 489 g/mol. The number of nitro benzene ring substituents is 1. The summed E-state index contributed by atoms with van der Waals surface area (Å²) in [6.45, 7) is 0.122. The van der Waals surface area contributed by atoms with Crippen molar-refractivity contribution in [3.05, 3.63) is 93.0 Å². The Morgan fingerprint density at radius 1 is 1.12 bits per heavy atom. The first-order valence-electron chi connectivity index (χ1n) is 9.57. The first-order chi connectivity index (χ1) is 15.6. The quantitative estimate of drug-likeness (QED) is 0.371. The molecule has 3 aromatic rings. The van der Waals surface area contributed by atoms with E-state index in [2.05, 4.69) is 5.32 Å². The Morgan fingerprint density at radius 3 is 2.45 bits per heavy atom. The van der Waals surface area contributed by atoms with Crippen molar-refractivity contribution >= 4 is 38.9 Å². The fourth-order valence-electron chi connectivity index (χ4n) is 3.05. The van der Waals surface area contributed by atoms with Crippen LogP contribution in [-0.4, -0.2) is 37.7 Å². The van der Waals surface area contributed by atoms with Crippen molar-refractivity contribution in [3.63, 3.8) is 0 Å². The summed E-state index contributed by atoms with van der Waals surface area (Å²) in [5, 5.41) is 13.5. The second-order valence-electron chi connectivity index (χ2n) is 6.99. The number of carbonyl (C=O) groups excluding carboxylic acids is 1. The third-order valence-electron chi connectivity index (χ3n) is 4.76. The molecule has 0 aliphatic heterocycles. The number of amides is 1. The van der Waals surface area contributed by atoms with Crippen LogP contribution in [-0.2, 0) is 16.6 Å². The number of halogens is 1. The van der Waals surface area contributed by atoms with Gasteiger partial charge in [0.2, 0.25) is 10.0 Å². The Kier molecular flexibility index (Phi) is 7.32. The van der Waals surface area contributed by atoms with Crippen LogP contribution >= 0.6 is 11.6 Å². The van der Waals surface area contributed by atoms with Crippen LogP contribution in [0, 0.1) is 10.1 Å². The molecular weight excluding hydrogens is 470 g/mol. The van der Waals surface area contributed by atoms with Crippen LogP contribution in [0.25, 0.3) is 0 Å². The van der Waals surface area contributed by atoms with Crippen molar-refractivity contribution in [2.45, 2.75) is 11.4 Å². The molecule has 0 fully saturated rings. The smallest absolute Gasteiger partial charge is 0.289 e. The molecule has 0 aliphatic rings. The van der Waals surface area contributed by atoms with Crippen molar-refractivity contribution in [2.75, 3.05) is 19.5 Å². The predicted molar refractivity (Wildman–Crippen MR) is 124 cm³/mol. The first kappa shape index (κ1) is 24.2. The fraction of sp³-hybridized carbons (Fsp3) is 0.136. The van der Waals surface area contributed by atoms with Crippen LogP contribution in [0.1, 0.15) is 15.9 Å². The molecule has 3 rings (SSSR count). The molecule has 0 saturated heterocycles. The van der Waals surface area contributed by atoms with E-state index in [0.29, 0.717) is 0 Å². The van der Waals surface area contributed by atoms with E-state index in [1.165, 1.54) is 44.5 Å². The van der Waals surface area contributed by atoms with Gasteiger partial charge in [-0.05, 0) is 35.9 Å². The SMILES string of the molecule is COc1ccc(C(=O)Nc2ccc(Cl)c([N+](=O)[O-])c2)cc1S(=O)(=O)N(C)Cc1ccccc1. The number of hydrogen-bond donors (Lipinski definition) is 1. The van der Waals surface area contributed by atoms with Gasteiger partial charge in [-0.25, -0.2) is 8.42 Å². The lowest BCUT2D eigenvalue weighted by atomic mass is 10.2. The Balaban J connectivity index is 1.91. The third-order valence-corrected chi connectivity index (χ3v) is 6.91. The van der Waals surface area contributed by atoms with Crippen molar-refractivity contribution in [1.82, 2.24) is 4.31 Å². The minimum Gasteiger partial charge on any atom is -0.495 e. The summed E-state index contributed by atoms with van der Waals surface area (Å²) < 4.78 is 32.8. The third kappa shape index (κ3) is 5.48. The number of carbonyl (C=O) groups is 1. The van der Waals surface area contributed by atoms with E-state index in [1.807, 2.05) is 18.2 Å². The van der Waals surface area contributed by atoms with E-state index in [0.717, 1.165) is 15.9 Å². The highest BCUT2D eigenvalue weighted by Crippen LogP contribution is 2.30. The summed E-state index contributed by atoms with van der Waals surface area (Å²) in [5.74, 6) is -0.579. The zero-order chi connectivity index (χ0) is 24.2. The first-order valence-corrected chi connectivity index (χ1v) is 11.4. The Hall–Kier alpha value is -3.47. The summed E-state index contributed by atoms with van der Waals surface area (Å²) in [7, 11) is -1.25. The van der Waals surface area contributed by atoms with Crippen molar-refractivity contribution in [1.29, 1.82) is 0 Å². The number of nitro groups is 1. The molecule has 3 aromatic carbocycles. The zero-order valence-electron chi connectivity index (χ0n) is 17.7. The zero-order valence-corrected chi connectivity index (χ0v) is 19.3. The molecule has 1 amide bonds. The molecular formula is C22H20ClN3O6S. The number of nitrogens with zero attached hydrogens (tertiary/aromatic N) is 2. The van der Waals surface area contributed by atoms with Gasteiger partial charge in [0.05, 0.1) is 12.0 Å². The average Bonchev–Trinajstić information content (AvgIpc) is 2.80. The van der Waals surface area contributed by atoms with E-state index in [9.17, 15) is 23.3 Å². The molecule has 0 atom stereocenters. The number of benzene rings is 3. The molecule has 0 aliphatic carbocycles. The molecule has 33 heavy (non-hydrogen) atoms. The lowest BCUT2D eigenvalue weighted by molar-refractivity contribution is -0.384. The number of methoxy groups -OCH3 is 1. The van der Waals surface area contributed by atoms with Gasteiger partial charge in [0, 0.05) is 30.9 Å². The summed E-state index contributed by atoms with van der Waals surface area (Å²) in [6.07, 6.45) is 0. The van der Waals surface area contributed by atoms with E-state index in [-0.39, 0.29) is 39.2 Å². The number of ether oxygens (including phenoxy) is 1. The van der Waals surface area contributed by atoms with Gasteiger partial charge in [0.15, 0.2) is 0 Å². The Bertz CT molecular complexity index is 1300. The van der Waals surface area contributed by atoms with Crippen LogP contribution in [0.5, 0.6) is 5.75 Å². The Labute approximate surface area is 195 Å². The van der Waals surface area contributed by atoms with E-state index in [1.54, 1.807) is 12.1 Å². The molecule has 0 unspecified atom stereocenters. The minimum absolute atomic E-state index is 0.0279. The maximum Gasteiger partial charge on any atom is 0.289 e. The lowest BCUT2D eigenvalue weighted by Gasteiger charge is -2.19. The number of sulfonamides is 1. The fourth-order valence-corrected chi connectivity index (χ4v) is 4.57. The van der Waals surface area contributed by atoms with Gasteiger partial charge in [-0.15, -0.1) is 0 Å². The largest absolute Gasteiger partial charge is 0.495 e. The van der Waals surface area contributed by atoms with E-state index >= 15 is 0 Å². The number of rotatable bonds is 8. The number of anilines is 1. The van der Waals surface area contributed by atoms with Gasteiger partial charge in [-0.1, -0.05) is 41.9 Å². The van der Waals surface area contributed by atoms with E-state index < -0.39 is 20.9 Å². The summed E-state index contributed by atoms with van der Waals surface area (Å²) >= 11 is 5.80. The molecule has 0 radical (unpaired) electrons. The predicted octanol–water partition coefficient (Wildman–Crippen LogP) is 4.33. The van der Waals surface area contributed by atoms with Crippen molar-refractivity contribution in [3.8, 4) is 5.75 Å². The van der Waals surface area contributed by atoms with Gasteiger partial charge < -0.3 is 10.1 Å². The van der Waals surface area contributed by atoms with Crippen LogP contribution in [0.2, 0.25) is 5.02 Å². The van der Waals surface area contributed by atoms with Gasteiger partial charge in [0.25, 0.3) is 11.6 Å². The second-order valence-corrected chi connectivity index (χ2v) is 9.41. The van der Waals surface area contributed by atoms with Crippen LogP contribution in [0.3, 0.4) is 0 Å². The van der Waals surface area contributed by atoms with Gasteiger partial charge in [-0.3, -0.25) is 14.9 Å². The molecule has 0 heterocycles. The van der Waals surface area contributed by atoms with Crippen LogP contribution in [0.15, 0.2) is 71.6 Å². The maximum absolute atomic E-state index is 13.2. The van der Waals surface area contributed by atoms with Gasteiger partial charge in [0.1, 0.15) is 15.7 Å². The van der Waals surface area contributed by atoms with Crippen LogP contribution < -0.4 is 10.1 Å². The maximum atomic E-state index is 13.2. The minimum atomic E-state index is -4.01. The molecule has 172 valence electrons.